The zero-order valence-electron chi connectivity index (χ0n) is 12.6. The molecule has 1 aromatic heterocycles. The summed E-state index contributed by atoms with van der Waals surface area (Å²) in [6.07, 6.45) is 0.510. The zero-order chi connectivity index (χ0) is 15.9. The summed E-state index contributed by atoms with van der Waals surface area (Å²) in [4.78, 5) is 16.2. The third-order valence-corrected chi connectivity index (χ3v) is 3.97. The number of rotatable bonds is 7. The molecule has 1 unspecified atom stereocenters. The Labute approximate surface area is 150 Å². The quantitative estimate of drug-likeness (QED) is 0.779. The Morgan fingerprint density at radius 1 is 1.52 bits per heavy atom. The average molecular weight is 376 g/mol. The Kier molecular flexibility index (Phi) is 8.33. The maximum absolute atomic E-state index is 12.0. The van der Waals surface area contributed by atoms with E-state index in [4.69, 9.17) is 22.1 Å². The zero-order valence-corrected chi connectivity index (χ0v) is 15.0. The molecule has 8 heteroatoms. The standard InChI is InChI=1S/C15H18ClN3O2S.ClH/c1-10(21-12-4-2-3-11(16)7-12)8-18-15(20)13-9-22-14(19-13)5-6-17;/h2-4,7,9-10H,5-6,8,17H2,1H3,(H,18,20);1H. The number of hydrogen-bond donors (Lipinski definition) is 2. The largest absolute Gasteiger partial charge is 0.489 e. The third kappa shape index (κ3) is 6.35. The molecular formula is C15H19Cl2N3O2S. The molecular weight excluding hydrogens is 357 g/mol. The van der Waals surface area contributed by atoms with Crippen LogP contribution in [0.4, 0.5) is 0 Å². The molecule has 126 valence electrons. The Bertz CT molecular complexity index is 637. The Balaban J connectivity index is 0.00000264. The van der Waals surface area contributed by atoms with Gasteiger partial charge < -0.3 is 15.8 Å². The SMILES string of the molecule is CC(CNC(=O)c1csc(CCN)n1)Oc1cccc(Cl)c1.Cl. The van der Waals surface area contributed by atoms with Gasteiger partial charge in [0.05, 0.1) is 11.6 Å². The normalized spacial score (nSPS) is 11.4. The fourth-order valence-electron chi connectivity index (χ4n) is 1.79. The Hall–Kier alpha value is -1.34. The van der Waals surface area contributed by atoms with Gasteiger partial charge in [0.1, 0.15) is 17.5 Å². The molecule has 0 aliphatic carbocycles. The Morgan fingerprint density at radius 3 is 3.00 bits per heavy atom. The molecule has 2 rings (SSSR count). The van der Waals surface area contributed by atoms with E-state index in [1.807, 2.05) is 19.1 Å². The molecule has 0 saturated carbocycles. The number of thiazole rings is 1. The van der Waals surface area contributed by atoms with E-state index in [-0.39, 0.29) is 24.4 Å². The van der Waals surface area contributed by atoms with E-state index in [2.05, 4.69) is 10.3 Å². The number of carbonyl (C=O) groups excluding carboxylic acids is 1. The average Bonchev–Trinajstić information content (AvgIpc) is 2.94. The van der Waals surface area contributed by atoms with Crippen molar-refractivity contribution in [1.29, 1.82) is 0 Å². The number of nitrogens with one attached hydrogen (secondary N) is 1. The minimum Gasteiger partial charge on any atom is -0.489 e. The second kappa shape index (κ2) is 9.72. The number of halogens is 2. The van der Waals surface area contributed by atoms with Gasteiger partial charge in [-0.25, -0.2) is 4.98 Å². The van der Waals surface area contributed by atoms with Crippen LogP contribution < -0.4 is 15.8 Å². The molecule has 0 radical (unpaired) electrons. The molecule has 0 aliphatic heterocycles. The highest BCUT2D eigenvalue weighted by molar-refractivity contribution is 7.09. The first-order chi connectivity index (χ1) is 10.6. The van der Waals surface area contributed by atoms with E-state index >= 15 is 0 Å². The van der Waals surface area contributed by atoms with Gasteiger partial charge in [-0.3, -0.25) is 4.79 Å². The first kappa shape index (κ1) is 19.7. The number of benzene rings is 1. The van der Waals surface area contributed by atoms with Crippen molar-refractivity contribution in [1.82, 2.24) is 10.3 Å². The summed E-state index contributed by atoms with van der Waals surface area (Å²) in [5, 5.41) is 6.03. The summed E-state index contributed by atoms with van der Waals surface area (Å²) in [6.45, 7) is 2.79. The molecule has 0 bridgehead atoms. The van der Waals surface area contributed by atoms with Crippen LogP contribution in [-0.4, -0.2) is 30.1 Å². The van der Waals surface area contributed by atoms with Crippen LogP contribution in [0.25, 0.3) is 0 Å². The van der Waals surface area contributed by atoms with Crippen molar-refractivity contribution in [2.24, 2.45) is 5.73 Å². The molecule has 1 atom stereocenters. The lowest BCUT2D eigenvalue weighted by Crippen LogP contribution is -2.33. The summed E-state index contributed by atoms with van der Waals surface area (Å²) in [7, 11) is 0. The Morgan fingerprint density at radius 2 is 2.30 bits per heavy atom. The number of amides is 1. The molecule has 5 nitrogen and oxygen atoms in total. The predicted octanol–water partition coefficient (Wildman–Crippen LogP) is 2.92. The van der Waals surface area contributed by atoms with Crippen LogP contribution in [0.1, 0.15) is 22.4 Å². The van der Waals surface area contributed by atoms with Gasteiger partial charge >= 0.3 is 0 Å². The van der Waals surface area contributed by atoms with Crippen LogP contribution in [0.2, 0.25) is 5.02 Å². The summed E-state index contributed by atoms with van der Waals surface area (Å²) in [5.74, 6) is 0.467. The van der Waals surface area contributed by atoms with E-state index in [0.29, 0.717) is 36.0 Å². The van der Waals surface area contributed by atoms with Crippen LogP contribution in [0, 0.1) is 0 Å². The van der Waals surface area contributed by atoms with Crippen molar-refractivity contribution in [2.75, 3.05) is 13.1 Å². The highest BCUT2D eigenvalue weighted by Gasteiger charge is 2.12. The third-order valence-electron chi connectivity index (χ3n) is 2.83. The summed E-state index contributed by atoms with van der Waals surface area (Å²) >= 11 is 7.34. The second-order valence-corrected chi connectivity index (χ2v) is 6.14. The highest BCUT2D eigenvalue weighted by Crippen LogP contribution is 2.18. The van der Waals surface area contributed by atoms with Gasteiger partial charge in [-0.1, -0.05) is 17.7 Å². The number of nitrogens with zero attached hydrogens (tertiary/aromatic N) is 1. The lowest BCUT2D eigenvalue weighted by Gasteiger charge is -2.15. The summed E-state index contributed by atoms with van der Waals surface area (Å²) in [6, 6.07) is 7.16. The fraction of sp³-hybridized carbons (Fsp3) is 0.333. The van der Waals surface area contributed by atoms with Crippen molar-refractivity contribution in [2.45, 2.75) is 19.4 Å². The minimum atomic E-state index is -0.207. The first-order valence-corrected chi connectivity index (χ1v) is 8.19. The molecule has 1 aromatic carbocycles. The van der Waals surface area contributed by atoms with Gasteiger partial charge in [0.2, 0.25) is 0 Å². The molecule has 23 heavy (non-hydrogen) atoms. The van der Waals surface area contributed by atoms with Crippen molar-refractivity contribution < 1.29 is 9.53 Å². The topological polar surface area (TPSA) is 77.2 Å². The smallest absolute Gasteiger partial charge is 0.270 e. The number of nitrogens with two attached hydrogens (primary N) is 1. The van der Waals surface area contributed by atoms with Gasteiger partial charge in [0, 0.05) is 16.8 Å². The molecule has 1 amide bonds. The molecule has 2 aromatic rings. The van der Waals surface area contributed by atoms with Gasteiger partial charge in [-0.2, -0.15) is 0 Å². The molecule has 1 heterocycles. The van der Waals surface area contributed by atoms with Crippen molar-refractivity contribution in [3.05, 3.63) is 45.4 Å². The van der Waals surface area contributed by atoms with Crippen LogP contribution in [-0.2, 0) is 6.42 Å². The lowest BCUT2D eigenvalue weighted by atomic mass is 10.3. The first-order valence-electron chi connectivity index (χ1n) is 6.93. The van der Waals surface area contributed by atoms with Gasteiger partial charge in [-0.05, 0) is 31.7 Å². The summed E-state index contributed by atoms with van der Waals surface area (Å²) < 4.78 is 5.69. The number of ether oxygens (including phenoxy) is 1. The van der Waals surface area contributed by atoms with E-state index in [9.17, 15) is 4.79 Å². The van der Waals surface area contributed by atoms with Crippen LogP contribution in [0.5, 0.6) is 5.75 Å². The van der Waals surface area contributed by atoms with E-state index in [0.717, 1.165) is 5.01 Å². The monoisotopic (exact) mass is 375 g/mol. The number of aromatic nitrogens is 1. The summed E-state index contributed by atoms with van der Waals surface area (Å²) in [5.41, 5.74) is 5.89. The molecule has 3 N–H and O–H groups in total. The van der Waals surface area contributed by atoms with E-state index in [1.54, 1.807) is 17.5 Å². The van der Waals surface area contributed by atoms with Crippen LogP contribution in [0.15, 0.2) is 29.6 Å². The maximum atomic E-state index is 12.0. The predicted molar refractivity (Wildman–Crippen MR) is 96.0 cm³/mol. The molecule has 0 saturated heterocycles. The lowest BCUT2D eigenvalue weighted by molar-refractivity contribution is 0.0927. The molecule has 0 aliphatic rings. The van der Waals surface area contributed by atoms with Crippen LogP contribution in [0.3, 0.4) is 0 Å². The highest BCUT2D eigenvalue weighted by atomic mass is 35.5. The van der Waals surface area contributed by atoms with E-state index < -0.39 is 0 Å². The van der Waals surface area contributed by atoms with Crippen LogP contribution >= 0.6 is 35.3 Å². The van der Waals surface area contributed by atoms with Gasteiger partial charge in [0.25, 0.3) is 5.91 Å². The number of hydrogen-bond acceptors (Lipinski definition) is 5. The molecule has 0 fully saturated rings. The van der Waals surface area contributed by atoms with Crippen molar-refractivity contribution in [3.63, 3.8) is 0 Å². The van der Waals surface area contributed by atoms with Crippen molar-refractivity contribution in [3.8, 4) is 5.75 Å². The van der Waals surface area contributed by atoms with E-state index in [1.165, 1.54) is 11.3 Å². The van der Waals surface area contributed by atoms with Gasteiger partial charge in [0.15, 0.2) is 0 Å². The van der Waals surface area contributed by atoms with Gasteiger partial charge in [-0.15, -0.1) is 23.7 Å². The maximum Gasteiger partial charge on any atom is 0.270 e. The fourth-order valence-corrected chi connectivity index (χ4v) is 2.77. The molecule has 0 spiro atoms. The van der Waals surface area contributed by atoms with Crippen molar-refractivity contribution >= 4 is 41.3 Å². The number of carbonyl (C=O) groups is 1. The minimum absolute atomic E-state index is 0. The second-order valence-electron chi connectivity index (χ2n) is 4.76.